The Bertz CT molecular complexity index is 717. The van der Waals surface area contributed by atoms with Crippen molar-refractivity contribution in [2.75, 3.05) is 19.5 Å². The molecule has 1 N–H and O–H groups in total. The summed E-state index contributed by atoms with van der Waals surface area (Å²) in [4.78, 5) is 13.4. The minimum atomic E-state index is -4.46. The Morgan fingerprint density at radius 2 is 1.88 bits per heavy atom. The fourth-order valence-electron chi connectivity index (χ4n) is 2.18. The highest BCUT2D eigenvalue weighted by molar-refractivity contribution is 5.89. The number of methoxy groups -OCH3 is 1. The number of anilines is 1. The molecule has 2 rings (SSSR count). The fourth-order valence-corrected chi connectivity index (χ4v) is 2.18. The van der Waals surface area contributed by atoms with E-state index in [4.69, 9.17) is 4.74 Å². The van der Waals surface area contributed by atoms with Crippen LogP contribution in [-0.2, 0) is 12.7 Å². The van der Waals surface area contributed by atoms with Gasteiger partial charge in [-0.15, -0.1) is 0 Å². The van der Waals surface area contributed by atoms with Gasteiger partial charge >= 0.3 is 12.2 Å². The number of amides is 2. The molecule has 0 unspecified atom stereocenters. The molecule has 2 aromatic rings. The van der Waals surface area contributed by atoms with Gasteiger partial charge in [0.05, 0.1) is 12.7 Å². The van der Waals surface area contributed by atoms with Crippen LogP contribution >= 0.6 is 0 Å². The van der Waals surface area contributed by atoms with Gasteiger partial charge in [-0.3, -0.25) is 0 Å². The SMILES string of the molecule is COc1cccc(NC(=O)N(C)Cc2ccccc2C(F)(F)F)c1. The van der Waals surface area contributed by atoms with Crippen molar-refractivity contribution >= 4 is 11.7 Å². The van der Waals surface area contributed by atoms with Crippen LogP contribution in [0.2, 0.25) is 0 Å². The number of ether oxygens (including phenoxy) is 1. The highest BCUT2D eigenvalue weighted by atomic mass is 19.4. The Balaban J connectivity index is 2.09. The predicted octanol–water partition coefficient (Wildman–Crippen LogP) is 4.38. The summed E-state index contributed by atoms with van der Waals surface area (Å²) in [5.41, 5.74) is -0.213. The first kappa shape index (κ1) is 17.7. The van der Waals surface area contributed by atoms with Gasteiger partial charge in [0.15, 0.2) is 0 Å². The zero-order valence-electron chi connectivity index (χ0n) is 13.2. The molecule has 128 valence electrons. The number of nitrogens with one attached hydrogen (secondary N) is 1. The second-order valence-corrected chi connectivity index (χ2v) is 5.17. The minimum absolute atomic E-state index is 0.0355. The van der Waals surface area contributed by atoms with Gasteiger partial charge in [-0.1, -0.05) is 24.3 Å². The average Bonchev–Trinajstić information content (AvgIpc) is 2.54. The first-order valence-corrected chi connectivity index (χ1v) is 7.12. The summed E-state index contributed by atoms with van der Waals surface area (Å²) >= 11 is 0. The molecule has 0 saturated carbocycles. The van der Waals surface area contributed by atoms with E-state index in [9.17, 15) is 18.0 Å². The van der Waals surface area contributed by atoms with Gasteiger partial charge in [-0.05, 0) is 23.8 Å². The number of benzene rings is 2. The average molecular weight is 338 g/mol. The molecular weight excluding hydrogens is 321 g/mol. The fraction of sp³-hybridized carbons (Fsp3) is 0.235. The molecule has 2 aromatic carbocycles. The molecule has 4 nitrogen and oxygen atoms in total. The van der Waals surface area contributed by atoms with Gasteiger partial charge in [0.2, 0.25) is 0 Å². The molecule has 24 heavy (non-hydrogen) atoms. The summed E-state index contributed by atoms with van der Waals surface area (Å²) in [6, 6.07) is 11.4. The first-order chi connectivity index (χ1) is 11.3. The van der Waals surface area contributed by atoms with E-state index in [0.29, 0.717) is 11.4 Å². The van der Waals surface area contributed by atoms with Crippen LogP contribution in [0.1, 0.15) is 11.1 Å². The van der Waals surface area contributed by atoms with Crippen LogP contribution in [0.3, 0.4) is 0 Å². The molecule has 0 aliphatic heterocycles. The van der Waals surface area contributed by atoms with E-state index < -0.39 is 17.8 Å². The van der Waals surface area contributed by atoms with Crippen molar-refractivity contribution in [2.24, 2.45) is 0 Å². The monoisotopic (exact) mass is 338 g/mol. The zero-order valence-corrected chi connectivity index (χ0v) is 13.2. The summed E-state index contributed by atoms with van der Waals surface area (Å²) in [6.07, 6.45) is -4.46. The zero-order chi connectivity index (χ0) is 17.7. The Morgan fingerprint density at radius 3 is 2.54 bits per heavy atom. The molecule has 0 aliphatic carbocycles. The van der Waals surface area contributed by atoms with Crippen LogP contribution in [0.15, 0.2) is 48.5 Å². The van der Waals surface area contributed by atoms with E-state index in [1.54, 1.807) is 24.3 Å². The van der Waals surface area contributed by atoms with Gasteiger partial charge in [0, 0.05) is 25.3 Å². The lowest BCUT2D eigenvalue weighted by Gasteiger charge is -2.20. The summed E-state index contributed by atoms with van der Waals surface area (Å²) in [7, 11) is 2.93. The van der Waals surface area contributed by atoms with Crippen molar-refractivity contribution in [2.45, 2.75) is 12.7 Å². The quantitative estimate of drug-likeness (QED) is 0.899. The third-order valence-electron chi connectivity index (χ3n) is 3.40. The van der Waals surface area contributed by atoms with E-state index in [1.165, 1.54) is 37.3 Å². The van der Waals surface area contributed by atoms with Crippen LogP contribution in [0, 0.1) is 0 Å². The summed E-state index contributed by atoms with van der Waals surface area (Å²) in [5, 5.41) is 2.62. The maximum absolute atomic E-state index is 13.0. The number of carbonyl (C=O) groups is 1. The molecule has 0 heterocycles. The van der Waals surface area contributed by atoms with Gasteiger partial charge < -0.3 is 15.0 Å². The van der Waals surface area contributed by atoms with Crippen molar-refractivity contribution in [3.63, 3.8) is 0 Å². The second-order valence-electron chi connectivity index (χ2n) is 5.17. The number of alkyl halides is 3. The Morgan fingerprint density at radius 1 is 1.17 bits per heavy atom. The number of hydrogen-bond donors (Lipinski definition) is 1. The van der Waals surface area contributed by atoms with Gasteiger partial charge in [0.1, 0.15) is 5.75 Å². The first-order valence-electron chi connectivity index (χ1n) is 7.12. The molecule has 0 fully saturated rings. The molecule has 0 atom stereocenters. The molecule has 0 aliphatic rings. The van der Waals surface area contributed by atoms with Crippen molar-refractivity contribution < 1.29 is 22.7 Å². The van der Waals surface area contributed by atoms with Crippen molar-refractivity contribution in [1.29, 1.82) is 0 Å². The lowest BCUT2D eigenvalue weighted by Crippen LogP contribution is -2.31. The Hall–Kier alpha value is -2.70. The number of urea groups is 1. The lowest BCUT2D eigenvalue weighted by atomic mass is 10.1. The predicted molar refractivity (Wildman–Crippen MR) is 84.9 cm³/mol. The summed E-state index contributed by atoms with van der Waals surface area (Å²) in [6.45, 7) is -0.161. The van der Waals surface area contributed by atoms with E-state index in [-0.39, 0.29) is 12.1 Å². The Kier molecular flexibility index (Phi) is 5.33. The second kappa shape index (κ2) is 7.25. The largest absolute Gasteiger partial charge is 0.497 e. The molecule has 0 aromatic heterocycles. The molecule has 0 spiro atoms. The van der Waals surface area contributed by atoms with Crippen LogP contribution in [0.4, 0.5) is 23.7 Å². The molecular formula is C17H17F3N2O2. The highest BCUT2D eigenvalue weighted by Gasteiger charge is 2.33. The van der Waals surface area contributed by atoms with E-state index >= 15 is 0 Å². The van der Waals surface area contributed by atoms with Gasteiger partial charge in [-0.25, -0.2) is 4.79 Å². The third kappa shape index (κ3) is 4.41. The molecule has 0 radical (unpaired) electrons. The highest BCUT2D eigenvalue weighted by Crippen LogP contribution is 2.32. The number of carbonyl (C=O) groups excluding carboxylic acids is 1. The maximum atomic E-state index is 13.0. The van der Waals surface area contributed by atoms with Crippen LogP contribution in [0.25, 0.3) is 0 Å². The number of nitrogens with zero attached hydrogens (tertiary/aromatic N) is 1. The molecule has 0 saturated heterocycles. The normalized spacial score (nSPS) is 11.0. The maximum Gasteiger partial charge on any atom is 0.416 e. The topological polar surface area (TPSA) is 41.6 Å². The van der Waals surface area contributed by atoms with Crippen LogP contribution in [-0.4, -0.2) is 25.1 Å². The number of hydrogen-bond acceptors (Lipinski definition) is 2. The summed E-state index contributed by atoms with van der Waals surface area (Å²) in [5.74, 6) is 0.567. The number of rotatable bonds is 4. The molecule has 2 amide bonds. The third-order valence-corrected chi connectivity index (χ3v) is 3.40. The standard InChI is InChI=1S/C17H17F3N2O2/c1-22(11-12-6-3-4-9-15(12)17(18,19)20)16(23)21-13-7-5-8-14(10-13)24-2/h3-10H,11H2,1-2H3,(H,21,23). The van der Waals surface area contributed by atoms with Crippen molar-refractivity contribution in [1.82, 2.24) is 4.90 Å². The number of halogens is 3. The van der Waals surface area contributed by atoms with E-state index in [1.807, 2.05) is 0 Å². The van der Waals surface area contributed by atoms with E-state index in [0.717, 1.165) is 6.07 Å². The Labute approximate surface area is 137 Å². The molecule has 0 bridgehead atoms. The summed E-state index contributed by atoms with van der Waals surface area (Å²) < 4.78 is 44.0. The minimum Gasteiger partial charge on any atom is -0.497 e. The van der Waals surface area contributed by atoms with Gasteiger partial charge in [0.25, 0.3) is 0 Å². The van der Waals surface area contributed by atoms with Crippen molar-refractivity contribution in [3.05, 3.63) is 59.7 Å². The lowest BCUT2D eigenvalue weighted by molar-refractivity contribution is -0.138. The van der Waals surface area contributed by atoms with Gasteiger partial charge in [-0.2, -0.15) is 13.2 Å². The van der Waals surface area contributed by atoms with E-state index in [2.05, 4.69) is 5.32 Å². The van der Waals surface area contributed by atoms with Crippen molar-refractivity contribution in [3.8, 4) is 5.75 Å². The van der Waals surface area contributed by atoms with Crippen LogP contribution < -0.4 is 10.1 Å². The smallest absolute Gasteiger partial charge is 0.416 e. The molecule has 7 heteroatoms. The van der Waals surface area contributed by atoms with Crippen LogP contribution in [0.5, 0.6) is 5.75 Å².